The third-order valence-electron chi connectivity index (χ3n) is 2.70. The number of aromatic nitrogens is 2. The van der Waals surface area contributed by atoms with E-state index in [2.05, 4.69) is 5.10 Å². The molecule has 2 aromatic rings. The van der Waals surface area contributed by atoms with E-state index in [0.29, 0.717) is 6.61 Å². The zero-order valence-electron chi connectivity index (χ0n) is 10.7. The summed E-state index contributed by atoms with van der Waals surface area (Å²) in [6.45, 7) is 2.68. The minimum Gasteiger partial charge on any atom is -0.493 e. The van der Waals surface area contributed by atoms with E-state index in [-0.39, 0.29) is 13.2 Å². The average molecular weight is 257 g/mol. The number of ether oxygens (including phenoxy) is 1. The fraction of sp³-hybridized carbons (Fsp3) is 0.286. The minimum absolute atomic E-state index is 0.0221. The van der Waals surface area contributed by atoms with Gasteiger partial charge in [-0.05, 0) is 24.6 Å². The van der Waals surface area contributed by atoms with Gasteiger partial charge in [0.1, 0.15) is 12.3 Å². The van der Waals surface area contributed by atoms with Gasteiger partial charge in [-0.15, -0.1) is 0 Å². The van der Waals surface area contributed by atoms with Crippen LogP contribution >= 0.6 is 0 Å². The molecule has 0 saturated heterocycles. The molecule has 0 atom stereocenters. The quantitative estimate of drug-likeness (QED) is 0.888. The van der Waals surface area contributed by atoms with Crippen molar-refractivity contribution >= 4 is 0 Å². The molecule has 1 heterocycles. The second-order valence-electron chi connectivity index (χ2n) is 4.01. The van der Waals surface area contributed by atoms with Crippen LogP contribution in [0.2, 0.25) is 0 Å². The molecule has 0 aliphatic rings. The molecule has 1 N–H and O–H groups in total. The fourth-order valence-electron chi connectivity index (χ4n) is 1.84. The van der Waals surface area contributed by atoms with Gasteiger partial charge in [-0.2, -0.15) is 10.4 Å². The number of nitrogens with zero attached hydrogens (tertiary/aromatic N) is 3. The topological polar surface area (TPSA) is 71.1 Å². The summed E-state index contributed by atoms with van der Waals surface area (Å²) in [7, 11) is 0. The van der Waals surface area contributed by atoms with E-state index in [1.54, 1.807) is 17.1 Å². The Balaban J connectivity index is 2.42. The first-order valence-electron chi connectivity index (χ1n) is 6.04. The van der Waals surface area contributed by atoms with Crippen LogP contribution in [0.5, 0.6) is 5.75 Å². The van der Waals surface area contributed by atoms with Gasteiger partial charge in [0.05, 0.1) is 25.5 Å². The maximum Gasteiger partial charge on any atom is 0.128 e. The molecule has 2 rings (SSSR count). The second-order valence-corrected chi connectivity index (χ2v) is 4.01. The van der Waals surface area contributed by atoms with Crippen LogP contribution in [-0.4, -0.2) is 21.5 Å². The van der Waals surface area contributed by atoms with Gasteiger partial charge >= 0.3 is 0 Å². The lowest BCUT2D eigenvalue weighted by Crippen LogP contribution is -1.96. The Morgan fingerprint density at radius 1 is 1.47 bits per heavy atom. The maximum atomic E-state index is 9.21. The Hall–Kier alpha value is -2.32. The van der Waals surface area contributed by atoms with Crippen molar-refractivity contribution in [3.8, 4) is 22.9 Å². The third-order valence-corrected chi connectivity index (χ3v) is 2.70. The van der Waals surface area contributed by atoms with Gasteiger partial charge in [0.25, 0.3) is 0 Å². The summed E-state index contributed by atoms with van der Waals surface area (Å²) in [5.41, 5.74) is 2.55. The zero-order valence-corrected chi connectivity index (χ0v) is 10.7. The largest absolute Gasteiger partial charge is 0.493 e. The van der Waals surface area contributed by atoms with Crippen molar-refractivity contribution < 1.29 is 9.84 Å². The molecule has 0 radical (unpaired) electrons. The molecule has 0 bridgehead atoms. The van der Waals surface area contributed by atoms with E-state index in [1.807, 2.05) is 31.2 Å². The summed E-state index contributed by atoms with van der Waals surface area (Å²) >= 11 is 0. The lowest BCUT2D eigenvalue weighted by atomic mass is 10.1. The predicted molar refractivity (Wildman–Crippen MR) is 70.4 cm³/mol. The molecule has 19 heavy (non-hydrogen) atoms. The summed E-state index contributed by atoms with van der Waals surface area (Å²) in [6.07, 6.45) is 3.48. The SMILES string of the molecule is CCOc1ccc(CO)cc1-c1cnn(CC#N)c1. The Morgan fingerprint density at radius 2 is 2.32 bits per heavy atom. The molecule has 0 fully saturated rings. The van der Waals surface area contributed by atoms with Crippen LogP contribution in [0, 0.1) is 11.3 Å². The van der Waals surface area contributed by atoms with Crippen LogP contribution in [0.4, 0.5) is 0 Å². The van der Waals surface area contributed by atoms with Gasteiger partial charge in [-0.25, -0.2) is 0 Å². The van der Waals surface area contributed by atoms with Crippen LogP contribution in [0.3, 0.4) is 0 Å². The second kappa shape index (κ2) is 6.03. The number of rotatable bonds is 5. The van der Waals surface area contributed by atoms with Crippen molar-refractivity contribution in [2.75, 3.05) is 6.61 Å². The highest BCUT2D eigenvalue weighted by molar-refractivity contribution is 5.70. The molecule has 5 heteroatoms. The van der Waals surface area contributed by atoms with E-state index in [1.165, 1.54) is 0 Å². The molecule has 0 amide bonds. The minimum atomic E-state index is -0.0221. The van der Waals surface area contributed by atoms with Crippen LogP contribution in [0.15, 0.2) is 30.6 Å². The molecule has 5 nitrogen and oxygen atoms in total. The van der Waals surface area contributed by atoms with Gasteiger partial charge in [-0.3, -0.25) is 4.68 Å². The molecular formula is C14H15N3O2. The first kappa shape index (κ1) is 13.1. The summed E-state index contributed by atoms with van der Waals surface area (Å²) in [6, 6.07) is 7.58. The fourth-order valence-corrected chi connectivity index (χ4v) is 1.84. The molecule has 98 valence electrons. The number of hydrogen-bond donors (Lipinski definition) is 1. The summed E-state index contributed by atoms with van der Waals surface area (Å²) in [4.78, 5) is 0. The molecular weight excluding hydrogens is 242 g/mol. The number of aliphatic hydroxyl groups excluding tert-OH is 1. The first-order valence-corrected chi connectivity index (χ1v) is 6.04. The van der Waals surface area contributed by atoms with Crippen molar-refractivity contribution in [1.29, 1.82) is 5.26 Å². The van der Waals surface area contributed by atoms with Crippen molar-refractivity contribution in [3.05, 3.63) is 36.2 Å². The van der Waals surface area contributed by atoms with Crippen molar-refractivity contribution in [2.24, 2.45) is 0 Å². The predicted octanol–water partition coefficient (Wildman–Crippen LogP) is 1.96. The van der Waals surface area contributed by atoms with E-state index in [0.717, 1.165) is 22.4 Å². The van der Waals surface area contributed by atoms with Crippen LogP contribution in [0.1, 0.15) is 12.5 Å². The molecule has 0 saturated carbocycles. The van der Waals surface area contributed by atoms with E-state index in [9.17, 15) is 5.11 Å². The maximum absolute atomic E-state index is 9.21. The van der Waals surface area contributed by atoms with Crippen molar-refractivity contribution in [2.45, 2.75) is 20.1 Å². The van der Waals surface area contributed by atoms with Crippen LogP contribution in [-0.2, 0) is 13.2 Å². The van der Waals surface area contributed by atoms with Gasteiger partial charge < -0.3 is 9.84 Å². The van der Waals surface area contributed by atoms with Gasteiger partial charge in [-0.1, -0.05) is 6.07 Å². The normalized spacial score (nSPS) is 10.2. The van der Waals surface area contributed by atoms with Crippen LogP contribution in [0.25, 0.3) is 11.1 Å². The van der Waals surface area contributed by atoms with Gasteiger partial charge in [0.15, 0.2) is 0 Å². The Kier molecular flexibility index (Phi) is 4.16. The lowest BCUT2D eigenvalue weighted by Gasteiger charge is -2.10. The first-order chi connectivity index (χ1) is 9.28. The number of aliphatic hydroxyl groups is 1. The molecule has 0 spiro atoms. The lowest BCUT2D eigenvalue weighted by molar-refractivity contribution is 0.281. The van der Waals surface area contributed by atoms with E-state index in [4.69, 9.17) is 10.00 Å². The summed E-state index contributed by atoms with van der Waals surface area (Å²) in [5.74, 6) is 0.746. The summed E-state index contributed by atoms with van der Waals surface area (Å²) in [5, 5.41) is 22.0. The monoisotopic (exact) mass is 257 g/mol. The van der Waals surface area contributed by atoms with E-state index < -0.39 is 0 Å². The molecule has 0 unspecified atom stereocenters. The standard InChI is InChI=1S/C14H15N3O2/c1-2-19-14-4-3-11(10-18)7-13(14)12-8-16-17(9-12)6-5-15/h3-4,7-9,18H,2,6,10H2,1H3. The highest BCUT2D eigenvalue weighted by Gasteiger charge is 2.09. The zero-order chi connectivity index (χ0) is 13.7. The highest BCUT2D eigenvalue weighted by atomic mass is 16.5. The molecule has 1 aromatic carbocycles. The molecule has 0 aliphatic heterocycles. The third kappa shape index (κ3) is 2.92. The van der Waals surface area contributed by atoms with Crippen molar-refractivity contribution in [1.82, 2.24) is 9.78 Å². The van der Waals surface area contributed by atoms with Gasteiger partial charge in [0, 0.05) is 17.3 Å². The Labute approximate surface area is 111 Å². The average Bonchev–Trinajstić information content (AvgIpc) is 2.88. The Morgan fingerprint density at radius 3 is 3.00 bits per heavy atom. The highest BCUT2D eigenvalue weighted by Crippen LogP contribution is 2.31. The number of nitriles is 1. The number of hydrogen-bond acceptors (Lipinski definition) is 4. The van der Waals surface area contributed by atoms with Crippen LogP contribution < -0.4 is 4.74 Å². The number of benzene rings is 1. The molecule has 1 aromatic heterocycles. The summed E-state index contributed by atoms with van der Waals surface area (Å²) < 4.78 is 7.14. The van der Waals surface area contributed by atoms with Crippen molar-refractivity contribution in [3.63, 3.8) is 0 Å². The van der Waals surface area contributed by atoms with Gasteiger partial charge in [0.2, 0.25) is 0 Å². The molecule has 0 aliphatic carbocycles. The van der Waals surface area contributed by atoms with E-state index >= 15 is 0 Å². The Bertz CT molecular complexity index is 599. The smallest absolute Gasteiger partial charge is 0.128 e.